The molecule has 0 spiro atoms. The van der Waals surface area contributed by atoms with Crippen LogP contribution in [0.5, 0.6) is 0 Å². The van der Waals surface area contributed by atoms with Gasteiger partial charge in [0.15, 0.2) is 11.0 Å². The van der Waals surface area contributed by atoms with Crippen LogP contribution >= 0.6 is 11.8 Å². The molecule has 1 aliphatic heterocycles. The normalized spacial score (nSPS) is 20.2. The summed E-state index contributed by atoms with van der Waals surface area (Å²) in [4.78, 5) is 12.5. The minimum absolute atomic E-state index is 0.0434. The Morgan fingerprint density at radius 3 is 2.57 bits per heavy atom. The van der Waals surface area contributed by atoms with E-state index in [-0.39, 0.29) is 17.8 Å². The lowest BCUT2D eigenvalue weighted by Gasteiger charge is -2.17. The minimum atomic E-state index is -0.284. The summed E-state index contributed by atoms with van der Waals surface area (Å²) >= 11 is 1.40. The van der Waals surface area contributed by atoms with Crippen molar-refractivity contribution in [3.63, 3.8) is 0 Å². The summed E-state index contributed by atoms with van der Waals surface area (Å²) in [6.07, 6.45) is 9.20. The van der Waals surface area contributed by atoms with Crippen LogP contribution in [0.3, 0.4) is 0 Å². The number of benzene rings is 1. The maximum Gasteiger partial charge on any atom is 0.230 e. The number of amides is 1. The summed E-state index contributed by atoms with van der Waals surface area (Å²) in [5.41, 5.74) is 0.802. The molecule has 2 heterocycles. The standard InChI is InChI=1S/C22H29FN4O2S/c23-17-11-9-16(10-12-17)21-25-26-22(27(21)14-19-8-5-13-29-19)30-15-20(28)24-18-6-3-1-2-4-7-18/h9-12,18-19H,1-8,13-15H2,(H,24,28)/t19-/m0/s1. The van der Waals surface area contributed by atoms with Gasteiger partial charge in [0, 0.05) is 18.2 Å². The van der Waals surface area contributed by atoms with Crippen LogP contribution in [-0.4, -0.2) is 45.2 Å². The van der Waals surface area contributed by atoms with Gasteiger partial charge in [-0.2, -0.15) is 0 Å². The number of aromatic nitrogens is 3. The average Bonchev–Trinajstić information content (AvgIpc) is 3.32. The van der Waals surface area contributed by atoms with E-state index in [0.717, 1.165) is 37.9 Å². The van der Waals surface area contributed by atoms with Crippen LogP contribution in [0.2, 0.25) is 0 Å². The molecule has 162 valence electrons. The third-order valence-electron chi connectivity index (χ3n) is 5.78. The molecule has 2 fully saturated rings. The molecule has 0 unspecified atom stereocenters. The lowest BCUT2D eigenvalue weighted by Crippen LogP contribution is -2.35. The first kappa shape index (κ1) is 21.3. The molecule has 1 aliphatic carbocycles. The van der Waals surface area contributed by atoms with Gasteiger partial charge in [-0.25, -0.2) is 4.39 Å². The number of rotatable bonds is 7. The second-order valence-corrected chi connectivity index (χ2v) is 9.05. The second kappa shape index (κ2) is 10.4. The quantitative estimate of drug-likeness (QED) is 0.525. The fraction of sp³-hybridized carbons (Fsp3) is 0.591. The van der Waals surface area contributed by atoms with Gasteiger partial charge < -0.3 is 10.1 Å². The van der Waals surface area contributed by atoms with E-state index in [1.165, 1.54) is 49.6 Å². The lowest BCUT2D eigenvalue weighted by molar-refractivity contribution is -0.119. The first-order valence-corrected chi connectivity index (χ1v) is 11.9. The molecule has 4 rings (SSSR count). The SMILES string of the molecule is O=C(CSc1nnc(-c2ccc(F)cc2)n1C[C@@H]1CCCO1)NC1CCCCCC1. The number of ether oxygens (including phenoxy) is 1. The smallest absolute Gasteiger partial charge is 0.230 e. The molecule has 0 bridgehead atoms. The highest BCUT2D eigenvalue weighted by Gasteiger charge is 2.23. The van der Waals surface area contributed by atoms with Crippen molar-refractivity contribution in [1.82, 2.24) is 20.1 Å². The molecule has 1 atom stereocenters. The van der Waals surface area contributed by atoms with E-state index in [4.69, 9.17) is 4.74 Å². The van der Waals surface area contributed by atoms with Gasteiger partial charge in [-0.05, 0) is 49.9 Å². The maximum atomic E-state index is 13.4. The van der Waals surface area contributed by atoms with Crippen LogP contribution in [0.15, 0.2) is 29.4 Å². The number of nitrogens with zero attached hydrogens (tertiary/aromatic N) is 3. The zero-order valence-corrected chi connectivity index (χ0v) is 18.0. The number of thioether (sulfide) groups is 1. The van der Waals surface area contributed by atoms with Crippen molar-refractivity contribution in [3.05, 3.63) is 30.1 Å². The van der Waals surface area contributed by atoms with Crippen LogP contribution in [0, 0.1) is 5.82 Å². The lowest BCUT2D eigenvalue weighted by atomic mass is 10.1. The molecule has 8 heteroatoms. The van der Waals surface area contributed by atoms with Crippen LogP contribution in [0.4, 0.5) is 4.39 Å². The van der Waals surface area contributed by atoms with Crippen LogP contribution < -0.4 is 5.32 Å². The Balaban J connectivity index is 1.44. The molecule has 1 aromatic carbocycles. The van der Waals surface area contributed by atoms with E-state index in [0.29, 0.717) is 29.3 Å². The number of hydrogen-bond acceptors (Lipinski definition) is 5. The molecule has 1 saturated heterocycles. The third-order valence-corrected chi connectivity index (χ3v) is 6.75. The Bertz CT molecular complexity index is 828. The van der Waals surface area contributed by atoms with Gasteiger partial charge in [0.1, 0.15) is 5.82 Å². The molecule has 30 heavy (non-hydrogen) atoms. The fourth-order valence-corrected chi connectivity index (χ4v) is 4.95. The number of nitrogens with one attached hydrogen (secondary N) is 1. The maximum absolute atomic E-state index is 13.4. The van der Waals surface area contributed by atoms with Crippen LogP contribution in [0.1, 0.15) is 51.4 Å². The van der Waals surface area contributed by atoms with E-state index >= 15 is 0 Å². The van der Waals surface area contributed by atoms with E-state index in [1.807, 2.05) is 4.57 Å². The Morgan fingerprint density at radius 2 is 1.87 bits per heavy atom. The minimum Gasteiger partial charge on any atom is -0.376 e. The van der Waals surface area contributed by atoms with Gasteiger partial charge in [0.25, 0.3) is 0 Å². The number of carbonyl (C=O) groups excluding carboxylic acids is 1. The summed E-state index contributed by atoms with van der Waals surface area (Å²) in [6, 6.07) is 6.55. The molecule has 0 radical (unpaired) electrons. The fourth-order valence-electron chi connectivity index (χ4n) is 4.19. The van der Waals surface area contributed by atoms with E-state index < -0.39 is 0 Å². The number of carbonyl (C=O) groups is 1. The highest BCUT2D eigenvalue weighted by atomic mass is 32.2. The van der Waals surface area contributed by atoms with Crippen molar-refractivity contribution in [2.75, 3.05) is 12.4 Å². The molecule has 1 N–H and O–H groups in total. The summed E-state index contributed by atoms with van der Waals surface area (Å²) in [5.74, 6) is 0.747. The predicted molar refractivity (Wildman–Crippen MR) is 115 cm³/mol. The van der Waals surface area contributed by atoms with Crippen molar-refractivity contribution in [2.45, 2.75) is 75.2 Å². The Labute approximate surface area is 181 Å². The summed E-state index contributed by atoms with van der Waals surface area (Å²) < 4.78 is 21.2. The van der Waals surface area contributed by atoms with Crippen LogP contribution in [-0.2, 0) is 16.1 Å². The third kappa shape index (κ3) is 5.60. The van der Waals surface area contributed by atoms with Crippen molar-refractivity contribution < 1.29 is 13.9 Å². The van der Waals surface area contributed by atoms with Gasteiger partial charge in [0.2, 0.25) is 5.91 Å². The number of hydrogen-bond donors (Lipinski definition) is 1. The second-order valence-electron chi connectivity index (χ2n) is 8.10. The van der Waals surface area contributed by atoms with E-state index in [2.05, 4.69) is 15.5 Å². The van der Waals surface area contributed by atoms with Crippen LogP contribution in [0.25, 0.3) is 11.4 Å². The van der Waals surface area contributed by atoms with Gasteiger partial charge in [-0.3, -0.25) is 9.36 Å². The van der Waals surface area contributed by atoms with Gasteiger partial charge >= 0.3 is 0 Å². The van der Waals surface area contributed by atoms with Crippen molar-refractivity contribution in [3.8, 4) is 11.4 Å². The first-order chi connectivity index (χ1) is 14.7. The summed E-state index contributed by atoms with van der Waals surface area (Å²) in [7, 11) is 0. The van der Waals surface area contributed by atoms with Crippen molar-refractivity contribution in [1.29, 1.82) is 0 Å². The molecule has 2 aliphatic rings. The summed E-state index contributed by atoms with van der Waals surface area (Å²) in [5, 5.41) is 12.6. The molecule has 1 saturated carbocycles. The average molecular weight is 433 g/mol. The zero-order chi connectivity index (χ0) is 20.8. The number of halogens is 1. The first-order valence-electron chi connectivity index (χ1n) is 10.9. The molecular weight excluding hydrogens is 403 g/mol. The molecule has 1 aromatic heterocycles. The highest BCUT2D eigenvalue weighted by molar-refractivity contribution is 7.99. The Morgan fingerprint density at radius 1 is 1.10 bits per heavy atom. The monoisotopic (exact) mass is 432 g/mol. The topological polar surface area (TPSA) is 69.0 Å². The van der Waals surface area contributed by atoms with Gasteiger partial charge in [-0.1, -0.05) is 37.4 Å². The Kier molecular flexibility index (Phi) is 7.38. The molecule has 6 nitrogen and oxygen atoms in total. The molecular formula is C22H29FN4O2S. The largest absolute Gasteiger partial charge is 0.376 e. The Hall–Kier alpha value is -1.93. The zero-order valence-electron chi connectivity index (χ0n) is 17.2. The van der Waals surface area contributed by atoms with Gasteiger partial charge in [0.05, 0.1) is 18.4 Å². The van der Waals surface area contributed by atoms with E-state index in [9.17, 15) is 9.18 Å². The predicted octanol–water partition coefficient (Wildman–Crippen LogP) is 4.19. The van der Waals surface area contributed by atoms with E-state index in [1.54, 1.807) is 12.1 Å². The molecule has 1 amide bonds. The summed E-state index contributed by atoms with van der Waals surface area (Å²) in [6.45, 7) is 1.40. The van der Waals surface area contributed by atoms with Crippen molar-refractivity contribution >= 4 is 17.7 Å². The van der Waals surface area contributed by atoms with Crippen molar-refractivity contribution in [2.24, 2.45) is 0 Å². The highest BCUT2D eigenvalue weighted by Crippen LogP contribution is 2.27. The molecule has 2 aromatic rings. The van der Waals surface area contributed by atoms with Gasteiger partial charge in [-0.15, -0.1) is 10.2 Å².